The highest BCUT2D eigenvalue weighted by molar-refractivity contribution is 7.99. The molecular weight excluding hydrogens is 258 g/mol. The smallest absolute Gasteiger partial charge is 0.255 e. The summed E-state index contributed by atoms with van der Waals surface area (Å²) >= 11 is 7.37. The van der Waals surface area contributed by atoms with Gasteiger partial charge in [0, 0.05) is 16.3 Å². The number of benzene rings is 1. The van der Waals surface area contributed by atoms with Crippen molar-refractivity contribution in [1.82, 2.24) is 5.32 Å². The summed E-state index contributed by atoms with van der Waals surface area (Å²) in [6.45, 7) is 4.62. The Morgan fingerprint density at radius 1 is 1.53 bits per heavy atom. The van der Waals surface area contributed by atoms with E-state index in [9.17, 15) is 9.90 Å². The van der Waals surface area contributed by atoms with Gasteiger partial charge >= 0.3 is 0 Å². The monoisotopic (exact) mass is 273 g/mol. The second-order valence-corrected chi connectivity index (χ2v) is 6.26. The number of amides is 1. The van der Waals surface area contributed by atoms with E-state index in [-0.39, 0.29) is 22.0 Å². The summed E-state index contributed by atoms with van der Waals surface area (Å²) in [5.74, 6) is -0.391. The quantitative estimate of drug-likeness (QED) is 0.887. The Morgan fingerprint density at radius 3 is 2.71 bits per heavy atom. The van der Waals surface area contributed by atoms with Crippen LogP contribution in [0.3, 0.4) is 0 Å². The van der Waals surface area contributed by atoms with Crippen molar-refractivity contribution in [1.29, 1.82) is 0 Å². The first kappa shape index (κ1) is 14.2. The largest absolute Gasteiger partial charge is 0.507 e. The molecule has 3 nitrogen and oxygen atoms in total. The van der Waals surface area contributed by atoms with Crippen molar-refractivity contribution >= 4 is 29.3 Å². The third-order valence-corrected chi connectivity index (χ3v) is 3.92. The number of hydrogen-bond donors (Lipinski definition) is 2. The molecule has 1 aromatic rings. The molecule has 94 valence electrons. The Bertz CT molecular complexity index is 421. The lowest BCUT2D eigenvalue weighted by Crippen LogP contribution is -2.36. The molecule has 0 aliphatic carbocycles. The van der Waals surface area contributed by atoms with Gasteiger partial charge in [-0.2, -0.15) is 11.8 Å². The molecule has 1 aromatic carbocycles. The summed E-state index contributed by atoms with van der Waals surface area (Å²) in [6.07, 6.45) is 1.99. The van der Waals surface area contributed by atoms with Gasteiger partial charge in [-0.25, -0.2) is 0 Å². The van der Waals surface area contributed by atoms with E-state index >= 15 is 0 Å². The molecule has 0 atom stereocenters. The van der Waals surface area contributed by atoms with Gasteiger partial charge in [-0.15, -0.1) is 0 Å². The molecule has 0 saturated heterocycles. The third kappa shape index (κ3) is 4.13. The molecule has 1 rings (SSSR count). The van der Waals surface area contributed by atoms with E-state index in [0.717, 1.165) is 0 Å². The van der Waals surface area contributed by atoms with E-state index in [1.165, 1.54) is 12.1 Å². The molecule has 0 saturated carbocycles. The van der Waals surface area contributed by atoms with Crippen LogP contribution in [0.1, 0.15) is 24.2 Å². The van der Waals surface area contributed by atoms with Crippen LogP contribution in [0, 0.1) is 0 Å². The average Bonchev–Trinajstić information content (AvgIpc) is 2.26. The SMILES string of the molecule is CSC(C)(C)CNC(=O)c1ccc(Cl)cc1O. The molecule has 0 aliphatic heterocycles. The maximum Gasteiger partial charge on any atom is 0.255 e. The van der Waals surface area contributed by atoms with Crippen LogP contribution in [0.15, 0.2) is 18.2 Å². The molecule has 0 radical (unpaired) electrons. The standard InChI is InChI=1S/C12H16ClNO2S/c1-12(2,17-3)7-14-11(16)9-5-4-8(13)6-10(9)15/h4-6,15H,7H2,1-3H3,(H,14,16). The van der Waals surface area contributed by atoms with E-state index in [1.807, 2.05) is 20.1 Å². The van der Waals surface area contributed by atoms with Crippen LogP contribution in [-0.4, -0.2) is 28.6 Å². The maximum atomic E-state index is 11.8. The van der Waals surface area contributed by atoms with Crippen LogP contribution in [0.2, 0.25) is 5.02 Å². The number of rotatable bonds is 4. The highest BCUT2D eigenvalue weighted by atomic mass is 35.5. The van der Waals surface area contributed by atoms with Gasteiger partial charge in [0.1, 0.15) is 5.75 Å². The number of carbonyl (C=O) groups excluding carboxylic acids is 1. The average molecular weight is 274 g/mol. The summed E-state index contributed by atoms with van der Waals surface area (Å²) in [4.78, 5) is 11.8. The van der Waals surface area contributed by atoms with Gasteiger partial charge in [0.2, 0.25) is 0 Å². The lowest BCUT2D eigenvalue weighted by molar-refractivity contribution is 0.0948. The Balaban J connectivity index is 2.71. The second kappa shape index (κ2) is 5.65. The fourth-order valence-electron chi connectivity index (χ4n) is 1.16. The van der Waals surface area contributed by atoms with Gasteiger partial charge in [-0.3, -0.25) is 4.79 Å². The second-order valence-electron chi connectivity index (χ2n) is 4.31. The fourth-order valence-corrected chi connectivity index (χ4v) is 1.54. The van der Waals surface area contributed by atoms with E-state index in [2.05, 4.69) is 5.32 Å². The molecule has 0 aromatic heterocycles. The van der Waals surface area contributed by atoms with Gasteiger partial charge in [0.05, 0.1) is 5.56 Å². The molecule has 0 bridgehead atoms. The van der Waals surface area contributed by atoms with E-state index < -0.39 is 0 Å². The van der Waals surface area contributed by atoms with Crippen molar-refractivity contribution < 1.29 is 9.90 Å². The zero-order valence-electron chi connectivity index (χ0n) is 10.1. The minimum Gasteiger partial charge on any atom is -0.507 e. The van der Waals surface area contributed by atoms with Gasteiger partial charge in [0.15, 0.2) is 0 Å². The number of nitrogens with one attached hydrogen (secondary N) is 1. The molecule has 5 heteroatoms. The minimum atomic E-state index is -0.290. The van der Waals surface area contributed by atoms with Gasteiger partial charge in [-0.05, 0) is 38.3 Å². The Hall–Kier alpha value is -0.870. The Kier molecular flexibility index (Phi) is 4.71. The molecule has 0 unspecified atom stereocenters. The number of aromatic hydroxyl groups is 1. The summed E-state index contributed by atoms with van der Waals surface area (Å²) in [5, 5.41) is 12.8. The maximum absolute atomic E-state index is 11.8. The van der Waals surface area contributed by atoms with Crippen molar-refractivity contribution in [3.63, 3.8) is 0 Å². The molecule has 17 heavy (non-hydrogen) atoms. The number of carbonyl (C=O) groups is 1. The van der Waals surface area contributed by atoms with Gasteiger partial charge in [-0.1, -0.05) is 11.6 Å². The molecule has 0 heterocycles. The van der Waals surface area contributed by atoms with Gasteiger partial charge < -0.3 is 10.4 Å². The fraction of sp³-hybridized carbons (Fsp3) is 0.417. The highest BCUT2D eigenvalue weighted by Gasteiger charge is 2.18. The topological polar surface area (TPSA) is 49.3 Å². The Labute approximate surface area is 111 Å². The summed E-state index contributed by atoms with van der Waals surface area (Å²) < 4.78 is -0.0301. The predicted octanol–water partition coefficient (Wildman–Crippen LogP) is 2.92. The lowest BCUT2D eigenvalue weighted by Gasteiger charge is -2.22. The van der Waals surface area contributed by atoms with Crippen molar-refractivity contribution in [3.05, 3.63) is 28.8 Å². The number of thioether (sulfide) groups is 1. The molecule has 0 fully saturated rings. The number of halogens is 1. The van der Waals surface area contributed by atoms with Crippen molar-refractivity contribution in [3.8, 4) is 5.75 Å². The number of phenolic OH excluding ortho intramolecular Hbond substituents is 1. The molecule has 2 N–H and O–H groups in total. The first-order valence-electron chi connectivity index (χ1n) is 5.17. The van der Waals surface area contributed by atoms with Crippen LogP contribution < -0.4 is 5.32 Å². The van der Waals surface area contributed by atoms with Gasteiger partial charge in [0.25, 0.3) is 5.91 Å². The summed E-state index contributed by atoms with van der Waals surface area (Å²) in [5.41, 5.74) is 0.242. The summed E-state index contributed by atoms with van der Waals surface area (Å²) in [6, 6.07) is 4.45. The molecule has 0 spiro atoms. The zero-order valence-corrected chi connectivity index (χ0v) is 11.7. The zero-order chi connectivity index (χ0) is 13.1. The van der Waals surface area contributed by atoms with Crippen LogP contribution in [0.25, 0.3) is 0 Å². The van der Waals surface area contributed by atoms with E-state index in [4.69, 9.17) is 11.6 Å². The first-order valence-corrected chi connectivity index (χ1v) is 6.78. The van der Waals surface area contributed by atoms with Crippen LogP contribution in [0.5, 0.6) is 5.75 Å². The normalized spacial score (nSPS) is 11.3. The van der Waals surface area contributed by atoms with Crippen molar-refractivity contribution in [2.45, 2.75) is 18.6 Å². The lowest BCUT2D eigenvalue weighted by atomic mass is 10.1. The van der Waals surface area contributed by atoms with Crippen molar-refractivity contribution in [2.24, 2.45) is 0 Å². The molecule has 0 aliphatic rings. The summed E-state index contributed by atoms with van der Waals surface area (Å²) in [7, 11) is 0. The molecular formula is C12H16ClNO2S. The molecule has 1 amide bonds. The third-order valence-electron chi connectivity index (χ3n) is 2.43. The van der Waals surface area contributed by atoms with E-state index in [0.29, 0.717) is 11.6 Å². The number of phenols is 1. The minimum absolute atomic E-state index is 0.0301. The highest BCUT2D eigenvalue weighted by Crippen LogP contribution is 2.23. The van der Waals surface area contributed by atoms with Crippen molar-refractivity contribution in [2.75, 3.05) is 12.8 Å². The number of hydrogen-bond acceptors (Lipinski definition) is 3. The van der Waals surface area contributed by atoms with Crippen LogP contribution >= 0.6 is 23.4 Å². The van der Waals surface area contributed by atoms with Crippen LogP contribution in [-0.2, 0) is 0 Å². The predicted molar refractivity (Wildman–Crippen MR) is 73.0 cm³/mol. The van der Waals surface area contributed by atoms with Crippen LogP contribution in [0.4, 0.5) is 0 Å². The Morgan fingerprint density at radius 2 is 2.18 bits per heavy atom. The van der Waals surface area contributed by atoms with E-state index in [1.54, 1.807) is 17.8 Å². The first-order chi connectivity index (χ1) is 7.85.